The molecule has 0 saturated carbocycles. The Morgan fingerprint density at radius 3 is 2.63 bits per heavy atom. The number of hydrogen-bond acceptors (Lipinski definition) is 6. The molecule has 3 aromatic heterocycles. The Balaban J connectivity index is 1.27. The second-order valence-corrected chi connectivity index (χ2v) is 9.58. The standard InChI is InChI=1S/C27H29F3N6O2/c1-17-14-20(15-31-25(17)19-6-8-21(9-7-19)35-10-12-38-13-11-35)33-26(37)22-16-32-36(18(22)2)24-5-3-4-23(34-24)27(28,29)30/h3-6,14-16,21H,7-13H2,1-2H3,(H,33,37). The number of carbonyl (C=O) groups excluding carboxylic acids is 1. The largest absolute Gasteiger partial charge is 0.433 e. The molecule has 200 valence electrons. The molecule has 1 unspecified atom stereocenters. The predicted molar refractivity (Wildman–Crippen MR) is 136 cm³/mol. The number of rotatable bonds is 5. The highest BCUT2D eigenvalue weighted by Gasteiger charge is 2.33. The zero-order valence-corrected chi connectivity index (χ0v) is 21.3. The number of aromatic nitrogens is 4. The van der Waals surface area contributed by atoms with Crippen molar-refractivity contribution in [3.63, 3.8) is 0 Å². The average molecular weight is 527 g/mol. The Labute approximate surface area is 218 Å². The Hall–Kier alpha value is -3.57. The summed E-state index contributed by atoms with van der Waals surface area (Å²) < 4.78 is 45.9. The number of amides is 1. The predicted octanol–water partition coefficient (Wildman–Crippen LogP) is 4.82. The molecule has 0 bridgehead atoms. The van der Waals surface area contributed by atoms with Gasteiger partial charge in [0.1, 0.15) is 5.69 Å². The van der Waals surface area contributed by atoms with Crippen LogP contribution >= 0.6 is 0 Å². The molecule has 0 radical (unpaired) electrons. The van der Waals surface area contributed by atoms with Crippen molar-refractivity contribution in [3.05, 3.63) is 70.9 Å². The lowest BCUT2D eigenvalue weighted by Crippen LogP contribution is -2.43. The molecule has 1 N–H and O–H groups in total. The Kier molecular flexibility index (Phi) is 7.31. The molecular formula is C27H29F3N6O2. The number of halogens is 3. The first-order valence-corrected chi connectivity index (χ1v) is 12.6. The number of allylic oxidation sites excluding steroid dienone is 1. The van der Waals surface area contributed by atoms with E-state index in [1.807, 2.05) is 13.0 Å². The van der Waals surface area contributed by atoms with Crippen molar-refractivity contribution in [2.45, 2.75) is 45.3 Å². The third-order valence-electron chi connectivity index (χ3n) is 7.08. The lowest BCUT2D eigenvalue weighted by Gasteiger charge is -2.36. The number of nitrogens with one attached hydrogen (secondary N) is 1. The van der Waals surface area contributed by atoms with Gasteiger partial charge in [0.15, 0.2) is 5.82 Å². The van der Waals surface area contributed by atoms with Gasteiger partial charge < -0.3 is 10.1 Å². The minimum Gasteiger partial charge on any atom is -0.379 e. The summed E-state index contributed by atoms with van der Waals surface area (Å²) in [5.41, 5.74) is 3.22. The summed E-state index contributed by atoms with van der Waals surface area (Å²) in [6, 6.07) is 5.97. The topological polar surface area (TPSA) is 85.2 Å². The van der Waals surface area contributed by atoms with Gasteiger partial charge in [-0.25, -0.2) is 9.67 Å². The molecule has 1 aliphatic carbocycles. The normalized spacial score (nSPS) is 18.8. The molecule has 38 heavy (non-hydrogen) atoms. The zero-order valence-electron chi connectivity index (χ0n) is 21.3. The van der Waals surface area contributed by atoms with Crippen LogP contribution in [0, 0.1) is 13.8 Å². The maximum Gasteiger partial charge on any atom is 0.433 e. The highest BCUT2D eigenvalue weighted by Crippen LogP contribution is 2.31. The molecule has 5 rings (SSSR count). The van der Waals surface area contributed by atoms with Gasteiger partial charge in [-0.15, -0.1) is 0 Å². The van der Waals surface area contributed by atoms with Crippen LogP contribution < -0.4 is 5.32 Å². The van der Waals surface area contributed by atoms with Crippen molar-refractivity contribution in [3.8, 4) is 5.82 Å². The fraction of sp³-hybridized carbons (Fsp3) is 0.407. The van der Waals surface area contributed by atoms with Gasteiger partial charge >= 0.3 is 6.18 Å². The van der Waals surface area contributed by atoms with Gasteiger partial charge in [-0.2, -0.15) is 18.3 Å². The molecule has 1 amide bonds. The van der Waals surface area contributed by atoms with Crippen LogP contribution in [0.25, 0.3) is 11.4 Å². The van der Waals surface area contributed by atoms with E-state index in [4.69, 9.17) is 4.74 Å². The number of carbonyl (C=O) groups is 1. The number of alkyl halides is 3. The highest BCUT2D eigenvalue weighted by molar-refractivity contribution is 6.05. The van der Waals surface area contributed by atoms with Crippen LogP contribution in [0.5, 0.6) is 0 Å². The number of morpholine rings is 1. The molecular weight excluding hydrogens is 497 g/mol. The Morgan fingerprint density at radius 1 is 1.16 bits per heavy atom. The van der Waals surface area contributed by atoms with Crippen molar-refractivity contribution in [1.29, 1.82) is 0 Å². The highest BCUT2D eigenvalue weighted by atomic mass is 19.4. The number of anilines is 1. The summed E-state index contributed by atoms with van der Waals surface area (Å²) in [6.07, 6.45) is 3.66. The zero-order chi connectivity index (χ0) is 26.9. The maximum atomic E-state index is 13.1. The molecule has 0 aromatic carbocycles. The van der Waals surface area contributed by atoms with E-state index in [1.54, 1.807) is 13.1 Å². The van der Waals surface area contributed by atoms with Gasteiger partial charge in [0.05, 0.1) is 48.2 Å². The molecule has 4 heterocycles. The molecule has 0 spiro atoms. The minimum atomic E-state index is -4.58. The van der Waals surface area contributed by atoms with E-state index in [0.29, 0.717) is 17.4 Å². The number of pyridine rings is 2. The summed E-state index contributed by atoms with van der Waals surface area (Å²) in [6.45, 7) is 7.13. The van der Waals surface area contributed by atoms with Crippen LogP contribution in [0.1, 0.15) is 52.3 Å². The quantitative estimate of drug-likeness (QED) is 0.513. The van der Waals surface area contributed by atoms with Crippen molar-refractivity contribution < 1.29 is 22.7 Å². The molecule has 1 fully saturated rings. The Bertz CT molecular complexity index is 1360. The lowest BCUT2D eigenvalue weighted by atomic mass is 9.90. The first-order chi connectivity index (χ1) is 18.2. The third kappa shape index (κ3) is 5.48. The fourth-order valence-corrected chi connectivity index (χ4v) is 5.05. The van der Waals surface area contributed by atoms with Gasteiger partial charge in [-0.05, 0) is 62.4 Å². The molecule has 1 saturated heterocycles. The second kappa shape index (κ2) is 10.7. The van der Waals surface area contributed by atoms with E-state index in [0.717, 1.165) is 62.9 Å². The summed E-state index contributed by atoms with van der Waals surface area (Å²) >= 11 is 0. The maximum absolute atomic E-state index is 13.1. The van der Waals surface area contributed by atoms with Crippen molar-refractivity contribution in [2.24, 2.45) is 0 Å². The second-order valence-electron chi connectivity index (χ2n) is 9.58. The number of hydrogen-bond donors (Lipinski definition) is 1. The first-order valence-electron chi connectivity index (χ1n) is 12.6. The van der Waals surface area contributed by atoms with Crippen LogP contribution in [0.3, 0.4) is 0 Å². The molecule has 1 aliphatic heterocycles. The minimum absolute atomic E-state index is 0.0187. The third-order valence-corrected chi connectivity index (χ3v) is 7.08. The van der Waals surface area contributed by atoms with Gasteiger partial charge in [0.2, 0.25) is 0 Å². The van der Waals surface area contributed by atoms with Gasteiger partial charge in [-0.1, -0.05) is 12.1 Å². The van der Waals surface area contributed by atoms with Gasteiger partial charge in [0.25, 0.3) is 5.91 Å². The van der Waals surface area contributed by atoms with Crippen molar-refractivity contribution in [2.75, 3.05) is 31.6 Å². The van der Waals surface area contributed by atoms with Crippen LogP contribution in [0.4, 0.5) is 18.9 Å². The molecule has 3 aromatic rings. The van der Waals surface area contributed by atoms with E-state index in [2.05, 4.69) is 31.4 Å². The Morgan fingerprint density at radius 2 is 1.95 bits per heavy atom. The summed E-state index contributed by atoms with van der Waals surface area (Å²) in [7, 11) is 0. The monoisotopic (exact) mass is 526 g/mol. The molecule has 2 aliphatic rings. The van der Waals surface area contributed by atoms with Crippen LogP contribution in [-0.2, 0) is 10.9 Å². The van der Waals surface area contributed by atoms with E-state index in [1.165, 1.54) is 28.6 Å². The van der Waals surface area contributed by atoms with E-state index in [-0.39, 0.29) is 11.4 Å². The van der Waals surface area contributed by atoms with Crippen molar-refractivity contribution >= 4 is 17.2 Å². The van der Waals surface area contributed by atoms with E-state index >= 15 is 0 Å². The van der Waals surface area contributed by atoms with E-state index < -0.39 is 17.8 Å². The van der Waals surface area contributed by atoms with Crippen LogP contribution in [0.2, 0.25) is 0 Å². The summed E-state index contributed by atoms with van der Waals surface area (Å²) in [5.74, 6) is -0.449. The number of aryl methyl sites for hydroxylation is 1. The SMILES string of the molecule is Cc1cc(NC(=O)c2cnn(-c3cccc(C(F)(F)F)n3)c2C)cnc1C1=CCC(N2CCOCC2)CC1. The van der Waals surface area contributed by atoms with Crippen molar-refractivity contribution in [1.82, 2.24) is 24.6 Å². The molecule has 11 heteroatoms. The number of nitrogens with zero attached hydrogens (tertiary/aromatic N) is 5. The van der Waals surface area contributed by atoms with Crippen LogP contribution in [0.15, 0.2) is 42.7 Å². The number of ether oxygens (including phenoxy) is 1. The first kappa shape index (κ1) is 26.1. The fourth-order valence-electron chi connectivity index (χ4n) is 5.05. The smallest absolute Gasteiger partial charge is 0.379 e. The average Bonchev–Trinajstić information content (AvgIpc) is 3.30. The summed E-state index contributed by atoms with van der Waals surface area (Å²) in [4.78, 5) is 23.8. The van der Waals surface area contributed by atoms with Crippen LogP contribution in [-0.4, -0.2) is 62.9 Å². The lowest BCUT2D eigenvalue weighted by molar-refractivity contribution is -0.141. The summed E-state index contributed by atoms with van der Waals surface area (Å²) in [5, 5.41) is 6.92. The van der Waals surface area contributed by atoms with Gasteiger partial charge in [-0.3, -0.25) is 14.7 Å². The van der Waals surface area contributed by atoms with Gasteiger partial charge in [0, 0.05) is 19.1 Å². The molecule has 8 nitrogen and oxygen atoms in total. The van der Waals surface area contributed by atoms with E-state index in [9.17, 15) is 18.0 Å². The molecule has 1 atom stereocenters.